The second-order valence-corrected chi connectivity index (χ2v) is 7.54. The molecule has 1 nitrogen and oxygen atoms in total. The molecule has 1 saturated heterocycles. The summed E-state index contributed by atoms with van der Waals surface area (Å²) in [6.45, 7) is 2.31. The molecule has 3 atom stereocenters. The smallest absolute Gasteiger partial charge is 0.0444 e. The lowest BCUT2D eigenvalue weighted by Gasteiger charge is -2.36. The van der Waals surface area contributed by atoms with Crippen LogP contribution in [0.5, 0.6) is 0 Å². The lowest BCUT2D eigenvalue weighted by atomic mass is 9.68. The van der Waals surface area contributed by atoms with Gasteiger partial charge in [0.05, 0.1) is 0 Å². The normalized spacial score (nSPS) is 27.5. The van der Waals surface area contributed by atoms with E-state index in [9.17, 15) is 0 Å². The number of hydrogen-bond donors (Lipinski definition) is 0. The molecule has 1 fully saturated rings. The summed E-state index contributed by atoms with van der Waals surface area (Å²) < 4.78 is 0. The van der Waals surface area contributed by atoms with E-state index in [1.165, 1.54) is 23.2 Å². The Hall–Kier alpha value is -1.02. The molecule has 22 heavy (non-hydrogen) atoms. The van der Waals surface area contributed by atoms with Crippen LogP contribution in [-0.2, 0) is 6.42 Å². The Labute approximate surface area is 141 Å². The molecule has 2 aliphatic rings. The van der Waals surface area contributed by atoms with Gasteiger partial charge < -0.3 is 4.90 Å². The van der Waals surface area contributed by atoms with Crippen molar-refractivity contribution in [1.29, 1.82) is 0 Å². The summed E-state index contributed by atoms with van der Waals surface area (Å²) in [5.41, 5.74) is 4.06. The molecule has 114 valence electrons. The number of fused-ring (bicyclic) bond motifs is 2. The van der Waals surface area contributed by atoms with E-state index >= 15 is 0 Å². The van der Waals surface area contributed by atoms with E-state index in [1.54, 1.807) is 0 Å². The summed E-state index contributed by atoms with van der Waals surface area (Å²) in [6.07, 6.45) is 1.16. The van der Waals surface area contributed by atoms with Crippen LogP contribution in [0.25, 0.3) is 0 Å². The standard InChI is InChI=1S/C19H19Cl2N/c1-22-10-13-8-12-6-7-14(20)9-16(12)19(17(13)11-22)15-4-2-3-5-18(15)21/h2-7,9,13,17,19H,8,10-11H2,1H3. The van der Waals surface area contributed by atoms with Crippen LogP contribution in [0, 0.1) is 11.8 Å². The highest BCUT2D eigenvalue weighted by molar-refractivity contribution is 6.31. The summed E-state index contributed by atoms with van der Waals surface area (Å²) in [5.74, 6) is 1.68. The van der Waals surface area contributed by atoms with Crippen molar-refractivity contribution in [3.8, 4) is 0 Å². The van der Waals surface area contributed by atoms with Gasteiger partial charge in [-0.15, -0.1) is 0 Å². The topological polar surface area (TPSA) is 3.24 Å². The maximum atomic E-state index is 6.54. The molecular formula is C19H19Cl2N. The van der Waals surface area contributed by atoms with E-state index in [4.69, 9.17) is 23.2 Å². The van der Waals surface area contributed by atoms with Crippen LogP contribution in [0.4, 0.5) is 0 Å². The van der Waals surface area contributed by atoms with Crippen molar-refractivity contribution in [2.75, 3.05) is 20.1 Å². The van der Waals surface area contributed by atoms with Gasteiger partial charge in [0.2, 0.25) is 0 Å². The number of halogens is 2. The lowest BCUT2D eigenvalue weighted by Crippen LogP contribution is -2.29. The van der Waals surface area contributed by atoms with Gasteiger partial charge in [-0.1, -0.05) is 47.5 Å². The Morgan fingerprint density at radius 2 is 1.82 bits per heavy atom. The van der Waals surface area contributed by atoms with E-state index in [1.807, 2.05) is 18.2 Å². The predicted molar refractivity (Wildman–Crippen MR) is 92.9 cm³/mol. The molecular weight excluding hydrogens is 313 g/mol. The van der Waals surface area contributed by atoms with Crippen molar-refractivity contribution >= 4 is 23.2 Å². The van der Waals surface area contributed by atoms with Crippen molar-refractivity contribution in [2.45, 2.75) is 12.3 Å². The Morgan fingerprint density at radius 1 is 1.00 bits per heavy atom. The second kappa shape index (κ2) is 5.56. The van der Waals surface area contributed by atoms with Gasteiger partial charge in [-0.05, 0) is 60.2 Å². The summed E-state index contributed by atoms with van der Waals surface area (Å²) >= 11 is 12.8. The van der Waals surface area contributed by atoms with E-state index in [-0.39, 0.29) is 0 Å². The summed E-state index contributed by atoms with van der Waals surface area (Å²) in [5, 5.41) is 1.69. The van der Waals surface area contributed by atoms with E-state index in [0.29, 0.717) is 17.8 Å². The predicted octanol–water partition coefficient (Wildman–Crippen LogP) is 4.86. The van der Waals surface area contributed by atoms with Gasteiger partial charge in [0.1, 0.15) is 0 Å². The Balaban J connectivity index is 1.89. The fourth-order valence-corrected chi connectivity index (χ4v) is 4.83. The second-order valence-electron chi connectivity index (χ2n) is 6.69. The summed E-state index contributed by atoms with van der Waals surface area (Å²) in [7, 11) is 2.22. The van der Waals surface area contributed by atoms with Crippen LogP contribution in [0.2, 0.25) is 10.0 Å². The van der Waals surface area contributed by atoms with Gasteiger partial charge in [-0.3, -0.25) is 0 Å². The molecule has 1 aliphatic carbocycles. The molecule has 1 heterocycles. The van der Waals surface area contributed by atoms with Gasteiger partial charge in [0.15, 0.2) is 0 Å². The molecule has 3 unspecified atom stereocenters. The fourth-order valence-electron chi connectivity index (χ4n) is 4.39. The first kappa shape index (κ1) is 14.6. The zero-order chi connectivity index (χ0) is 15.3. The lowest BCUT2D eigenvalue weighted by molar-refractivity contribution is 0.351. The van der Waals surface area contributed by atoms with Gasteiger partial charge >= 0.3 is 0 Å². The van der Waals surface area contributed by atoms with E-state index in [2.05, 4.69) is 36.2 Å². The number of benzene rings is 2. The van der Waals surface area contributed by atoms with E-state index in [0.717, 1.165) is 23.0 Å². The number of hydrogen-bond acceptors (Lipinski definition) is 1. The molecule has 0 amide bonds. The summed E-state index contributed by atoms with van der Waals surface area (Å²) in [4.78, 5) is 2.45. The van der Waals surface area contributed by atoms with Crippen molar-refractivity contribution in [1.82, 2.24) is 4.90 Å². The Morgan fingerprint density at radius 3 is 2.64 bits per heavy atom. The van der Waals surface area contributed by atoms with Crippen LogP contribution in [0.1, 0.15) is 22.6 Å². The molecule has 0 N–H and O–H groups in total. The highest BCUT2D eigenvalue weighted by Crippen LogP contribution is 2.48. The van der Waals surface area contributed by atoms with Crippen LogP contribution in [-0.4, -0.2) is 25.0 Å². The number of likely N-dealkylation sites (tertiary alicyclic amines) is 1. The highest BCUT2D eigenvalue weighted by Gasteiger charge is 2.42. The highest BCUT2D eigenvalue weighted by atomic mass is 35.5. The van der Waals surface area contributed by atoms with Crippen molar-refractivity contribution in [2.24, 2.45) is 11.8 Å². The molecule has 0 aromatic heterocycles. The van der Waals surface area contributed by atoms with Gasteiger partial charge in [0, 0.05) is 29.1 Å². The third-order valence-corrected chi connectivity index (χ3v) is 5.85. The third-order valence-electron chi connectivity index (χ3n) is 5.27. The Kier molecular flexibility index (Phi) is 3.68. The quantitative estimate of drug-likeness (QED) is 0.721. The SMILES string of the molecule is CN1CC2Cc3ccc(Cl)cc3C(c3ccccc3Cl)C2C1. The monoisotopic (exact) mass is 331 g/mol. The van der Waals surface area contributed by atoms with Gasteiger partial charge in [-0.25, -0.2) is 0 Å². The molecule has 0 bridgehead atoms. The van der Waals surface area contributed by atoms with E-state index < -0.39 is 0 Å². The van der Waals surface area contributed by atoms with Gasteiger partial charge in [-0.2, -0.15) is 0 Å². The minimum Gasteiger partial charge on any atom is -0.306 e. The minimum absolute atomic E-state index is 0.353. The maximum Gasteiger partial charge on any atom is 0.0444 e. The average Bonchev–Trinajstić information content (AvgIpc) is 2.86. The van der Waals surface area contributed by atoms with Crippen LogP contribution in [0.3, 0.4) is 0 Å². The zero-order valence-electron chi connectivity index (χ0n) is 12.6. The van der Waals surface area contributed by atoms with Crippen LogP contribution >= 0.6 is 23.2 Å². The molecule has 0 spiro atoms. The van der Waals surface area contributed by atoms with Gasteiger partial charge in [0.25, 0.3) is 0 Å². The first-order valence-corrected chi connectivity index (χ1v) is 8.60. The molecule has 3 heteroatoms. The minimum atomic E-state index is 0.353. The molecule has 0 radical (unpaired) electrons. The number of rotatable bonds is 1. The molecule has 4 rings (SSSR count). The van der Waals surface area contributed by atoms with Crippen LogP contribution in [0.15, 0.2) is 42.5 Å². The van der Waals surface area contributed by atoms with Crippen LogP contribution < -0.4 is 0 Å². The molecule has 2 aromatic carbocycles. The zero-order valence-corrected chi connectivity index (χ0v) is 14.1. The van der Waals surface area contributed by atoms with Crippen molar-refractivity contribution in [3.05, 3.63) is 69.2 Å². The number of nitrogens with zero attached hydrogens (tertiary/aromatic N) is 1. The average molecular weight is 332 g/mol. The molecule has 0 saturated carbocycles. The fraction of sp³-hybridized carbons (Fsp3) is 0.368. The Bertz CT molecular complexity index is 712. The first-order valence-electron chi connectivity index (χ1n) is 7.85. The third kappa shape index (κ3) is 2.36. The van der Waals surface area contributed by atoms with Crippen molar-refractivity contribution in [3.63, 3.8) is 0 Å². The van der Waals surface area contributed by atoms with Crippen molar-refractivity contribution < 1.29 is 0 Å². The first-order chi connectivity index (χ1) is 10.6. The maximum absolute atomic E-state index is 6.54. The summed E-state index contributed by atoms with van der Waals surface area (Å²) in [6, 6.07) is 14.7. The molecule has 2 aromatic rings. The largest absolute Gasteiger partial charge is 0.306 e. The molecule has 1 aliphatic heterocycles.